The molecule has 2 N–H and O–H groups in total. The maximum atomic E-state index is 10.1. The molecule has 1 aromatic rings. The molecule has 0 saturated carbocycles. The molecule has 4 nitrogen and oxygen atoms in total. The van der Waals surface area contributed by atoms with Crippen molar-refractivity contribution in [3.63, 3.8) is 0 Å². The molecule has 0 aromatic heterocycles. The molecule has 4 rings (SSSR count). The number of hydrogen-bond donors (Lipinski definition) is 2. The van der Waals surface area contributed by atoms with Gasteiger partial charge in [0.15, 0.2) is 0 Å². The predicted octanol–water partition coefficient (Wildman–Crippen LogP) is 3.71. The van der Waals surface area contributed by atoms with Crippen molar-refractivity contribution in [1.29, 1.82) is 0 Å². The minimum atomic E-state index is 0.132. The highest BCUT2D eigenvalue weighted by Gasteiger charge is 2.34. The second-order valence-electron chi connectivity index (χ2n) is 6.67. The monoisotopic (exact) mass is 465 g/mol. The number of fused-ring (bicyclic) bond motifs is 2. The Balaban J connectivity index is 1.88. The number of nitrogens with one attached hydrogen (secondary N) is 1. The lowest BCUT2D eigenvalue weighted by molar-refractivity contribution is 0.213. The van der Waals surface area contributed by atoms with Crippen molar-refractivity contribution in [2.45, 2.75) is 18.9 Å². The highest BCUT2D eigenvalue weighted by Crippen LogP contribution is 2.41. The van der Waals surface area contributed by atoms with E-state index in [0.29, 0.717) is 12.3 Å². The van der Waals surface area contributed by atoms with E-state index >= 15 is 0 Å². The van der Waals surface area contributed by atoms with Crippen LogP contribution in [0.3, 0.4) is 0 Å². The Hall–Kier alpha value is -0.950. The Morgan fingerprint density at radius 2 is 1.96 bits per heavy atom. The summed E-state index contributed by atoms with van der Waals surface area (Å²) in [6.45, 7) is 4.69. The number of aliphatic imine (C=N–C) groups is 1. The maximum Gasteiger partial charge on any atom is 0.117 e. The van der Waals surface area contributed by atoms with E-state index in [-0.39, 0.29) is 6.04 Å². The van der Waals surface area contributed by atoms with Gasteiger partial charge >= 0.3 is 0 Å². The van der Waals surface area contributed by atoms with Crippen LogP contribution in [-0.2, 0) is 6.42 Å². The van der Waals surface area contributed by atoms with Crippen LogP contribution >= 0.6 is 31.9 Å². The van der Waals surface area contributed by atoms with Crippen LogP contribution in [0, 0.1) is 0 Å². The van der Waals surface area contributed by atoms with Crippen molar-refractivity contribution in [3.8, 4) is 5.75 Å². The smallest absolute Gasteiger partial charge is 0.117 e. The number of phenols is 1. The van der Waals surface area contributed by atoms with Crippen molar-refractivity contribution in [2.75, 3.05) is 32.7 Å². The first-order chi connectivity index (χ1) is 12.1. The Morgan fingerprint density at radius 3 is 2.76 bits per heavy atom. The minimum Gasteiger partial charge on any atom is -0.508 e. The quantitative estimate of drug-likeness (QED) is 0.663. The van der Waals surface area contributed by atoms with Crippen LogP contribution in [0.15, 0.2) is 43.8 Å². The molecule has 1 atom stereocenters. The molecule has 0 bridgehead atoms. The number of benzene rings is 1. The van der Waals surface area contributed by atoms with Gasteiger partial charge in [-0.25, -0.2) is 0 Å². The number of rotatable bonds is 1. The van der Waals surface area contributed by atoms with Crippen LogP contribution in [0.25, 0.3) is 0 Å². The molecule has 132 valence electrons. The van der Waals surface area contributed by atoms with Crippen molar-refractivity contribution in [3.05, 3.63) is 49.9 Å². The molecule has 25 heavy (non-hydrogen) atoms. The van der Waals surface area contributed by atoms with Crippen LogP contribution < -0.4 is 5.32 Å². The lowest BCUT2D eigenvalue weighted by atomic mass is 9.94. The highest BCUT2D eigenvalue weighted by atomic mass is 79.9. The van der Waals surface area contributed by atoms with E-state index in [9.17, 15) is 5.11 Å². The topological polar surface area (TPSA) is 47.9 Å². The largest absolute Gasteiger partial charge is 0.508 e. The van der Waals surface area contributed by atoms with E-state index in [0.717, 1.165) is 48.0 Å². The fraction of sp³-hybridized carbons (Fsp3) is 0.421. The second kappa shape index (κ2) is 7.35. The van der Waals surface area contributed by atoms with E-state index in [4.69, 9.17) is 4.99 Å². The summed E-state index contributed by atoms with van der Waals surface area (Å²) in [4.78, 5) is 7.49. The van der Waals surface area contributed by atoms with E-state index in [1.54, 1.807) is 0 Å². The molecule has 1 aromatic carbocycles. The van der Waals surface area contributed by atoms with Crippen LogP contribution in [0.4, 0.5) is 0 Å². The molecule has 1 fully saturated rings. The number of phenolic OH excluding ortho intramolecular Hbond substituents is 1. The van der Waals surface area contributed by atoms with Crippen molar-refractivity contribution in [2.24, 2.45) is 4.99 Å². The molecule has 1 saturated heterocycles. The Morgan fingerprint density at radius 1 is 1.16 bits per heavy atom. The number of hydrogen-bond acceptors (Lipinski definition) is 4. The summed E-state index contributed by atoms with van der Waals surface area (Å²) in [5.74, 6) is 0.323. The zero-order chi connectivity index (χ0) is 17.4. The van der Waals surface area contributed by atoms with Gasteiger partial charge in [0.2, 0.25) is 0 Å². The normalized spacial score (nSPS) is 24.2. The van der Waals surface area contributed by atoms with Gasteiger partial charge in [0.25, 0.3) is 0 Å². The first kappa shape index (κ1) is 17.5. The Labute approximate surface area is 165 Å². The molecular formula is C19H21Br2N3O. The fourth-order valence-corrected chi connectivity index (χ4v) is 5.10. The molecule has 1 unspecified atom stereocenters. The predicted molar refractivity (Wildman–Crippen MR) is 109 cm³/mol. The van der Waals surface area contributed by atoms with Gasteiger partial charge in [-0.15, -0.1) is 0 Å². The maximum absolute atomic E-state index is 10.1. The Bertz CT molecular complexity index is 779. The Kier molecular flexibility index (Phi) is 5.13. The van der Waals surface area contributed by atoms with E-state index in [1.807, 2.05) is 12.1 Å². The third kappa shape index (κ3) is 3.50. The summed E-state index contributed by atoms with van der Waals surface area (Å²) in [5, 5.41) is 13.5. The van der Waals surface area contributed by atoms with E-state index in [2.05, 4.69) is 54.2 Å². The third-order valence-electron chi connectivity index (χ3n) is 5.10. The van der Waals surface area contributed by atoms with Crippen LogP contribution in [0.5, 0.6) is 5.75 Å². The van der Waals surface area contributed by atoms with Gasteiger partial charge in [0, 0.05) is 35.1 Å². The standard InChI is InChI=1S/C19H21Br2N3O/c20-14-3-4-23-18-13(9-14)2-1-12-10-15(25)11-16(21)17(12)19(18)24-7-5-22-6-8-24/h3,9-11,19,22,25H,1-2,4-8H2. The highest BCUT2D eigenvalue weighted by molar-refractivity contribution is 9.12. The summed E-state index contributed by atoms with van der Waals surface area (Å²) in [5.41, 5.74) is 4.96. The molecule has 2 aliphatic heterocycles. The van der Waals surface area contributed by atoms with Crippen LogP contribution in [0.1, 0.15) is 23.6 Å². The molecule has 1 aliphatic carbocycles. The number of piperazine rings is 1. The van der Waals surface area contributed by atoms with Gasteiger partial charge in [0.05, 0.1) is 18.3 Å². The van der Waals surface area contributed by atoms with Gasteiger partial charge in [-0.3, -0.25) is 9.89 Å². The van der Waals surface area contributed by atoms with Gasteiger partial charge < -0.3 is 10.4 Å². The summed E-state index contributed by atoms with van der Waals surface area (Å²) in [6.07, 6.45) is 6.19. The number of aryl methyl sites for hydroxylation is 1. The number of nitrogens with zero attached hydrogens (tertiary/aromatic N) is 2. The molecule has 0 spiro atoms. The molecular weight excluding hydrogens is 446 g/mol. The zero-order valence-electron chi connectivity index (χ0n) is 13.9. The molecule has 0 amide bonds. The van der Waals surface area contributed by atoms with Gasteiger partial charge in [-0.2, -0.15) is 0 Å². The van der Waals surface area contributed by atoms with Gasteiger partial charge in [0.1, 0.15) is 5.75 Å². The van der Waals surface area contributed by atoms with Crippen molar-refractivity contribution in [1.82, 2.24) is 10.2 Å². The lowest BCUT2D eigenvalue weighted by Crippen LogP contribution is -2.47. The lowest BCUT2D eigenvalue weighted by Gasteiger charge is -2.36. The molecule has 0 radical (unpaired) electrons. The number of allylic oxidation sites excluding steroid dienone is 2. The third-order valence-corrected chi connectivity index (χ3v) is 6.31. The molecule has 2 heterocycles. The minimum absolute atomic E-state index is 0.132. The second-order valence-corrected chi connectivity index (χ2v) is 8.44. The van der Waals surface area contributed by atoms with Crippen LogP contribution in [-0.4, -0.2) is 48.4 Å². The molecule has 3 aliphatic rings. The first-order valence-electron chi connectivity index (χ1n) is 8.70. The summed E-state index contributed by atoms with van der Waals surface area (Å²) >= 11 is 7.37. The van der Waals surface area contributed by atoms with Crippen molar-refractivity contribution < 1.29 is 5.11 Å². The number of halogens is 2. The summed E-state index contributed by atoms with van der Waals surface area (Å²) < 4.78 is 2.08. The van der Waals surface area contributed by atoms with Crippen LogP contribution in [0.2, 0.25) is 0 Å². The fourth-order valence-electron chi connectivity index (χ4n) is 3.97. The van der Waals surface area contributed by atoms with Gasteiger partial charge in [-0.1, -0.05) is 31.9 Å². The molecule has 6 heteroatoms. The summed E-state index contributed by atoms with van der Waals surface area (Å²) in [7, 11) is 0. The summed E-state index contributed by atoms with van der Waals surface area (Å²) in [6, 6.07) is 3.87. The van der Waals surface area contributed by atoms with E-state index in [1.165, 1.54) is 22.4 Å². The first-order valence-corrected chi connectivity index (χ1v) is 10.3. The average Bonchev–Trinajstić information content (AvgIpc) is 2.85. The van der Waals surface area contributed by atoms with E-state index < -0.39 is 0 Å². The average molecular weight is 467 g/mol. The van der Waals surface area contributed by atoms with Gasteiger partial charge in [-0.05, 0) is 53.8 Å². The number of aromatic hydroxyl groups is 1. The SMILES string of the molecule is Oc1cc(Br)c2c(c1)CCC1=CC(Br)=CCN=C1C2N1CCNCC1. The van der Waals surface area contributed by atoms with Crippen molar-refractivity contribution >= 4 is 37.6 Å². The zero-order valence-corrected chi connectivity index (χ0v) is 17.1.